The van der Waals surface area contributed by atoms with Gasteiger partial charge in [0.2, 0.25) is 11.8 Å². The van der Waals surface area contributed by atoms with E-state index < -0.39 is 11.4 Å². The predicted molar refractivity (Wildman–Crippen MR) is 71.2 cm³/mol. The van der Waals surface area contributed by atoms with Crippen LogP contribution < -0.4 is 16.8 Å². The Morgan fingerprint density at radius 1 is 1.33 bits per heavy atom. The topological polar surface area (TPSA) is 98.2 Å². The second-order valence-electron chi connectivity index (χ2n) is 5.06. The van der Waals surface area contributed by atoms with E-state index in [-0.39, 0.29) is 12.3 Å². The fourth-order valence-electron chi connectivity index (χ4n) is 1.65. The molecule has 18 heavy (non-hydrogen) atoms. The number of benzene rings is 1. The summed E-state index contributed by atoms with van der Waals surface area (Å²) in [5, 5.41) is 2.74. The lowest BCUT2D eigenvalue weighted by Crippen LogP contribution is -2.36. The maximum Gasteiger partial charge on any atom is 0.249 e. The Morgan fingerprint density at radius 3 is 2.44 bits per heavy atom. The summed E-state index contributed by atoms with van der Waals surface area (Å²) in [5.41, 5.74) is 12.1. The number of nitrogens with two attached hydrogens (primary N) is 2. The quantitative estimate of drug-likeness (QED) is 0.746. The maximum absolute atomic E-state index is 11.8. The zero-order chi connectivity index (χ0) is 13.9. The average Bonchev–Trinajstić information content (AvgIpc) is 2.17. The Bertz CT molecular complexity index is 476. The third-order valence-corrected chi connectivity index (χ3v) is 2.49. The van der Waals surface area contributed by atoms with Crippen molar-refractivity contribution in [2.45, 2.75) is 32.7 Å². The molecule has 1 aromatic rings. The molecule has 0 unspecified atom stereocenters. The van der Waals surface area contributed by atoms with E-state index in [9.17, 15) is 9.59 Å². The molecule has 0 aromatic heterocycles. The molecule has 5 heteroatoms. The fourth-order valence-corrected chi connectivity index (χ4v) is 1.65. The monoisotopic (exact) mass is 249 g/mol. The normalized spacial score (nSPS) is 11.1. The summed E-state index contributed by atoms with van der Waals surface area (Å²) >= 11 is 0. The van der Waals surface area contributed by atoms with Crippen LogP contribution in [0.25, 0.3) is 0 Å². The van der Waals surface area contributed by atoms with Gasteiger partial charge in [-0.1, -0.05) is 6.07 Å². The first kappa shape index (κ1) is 14.2. The van der Waals surface area contributed by atoms with Crippen LogP contribution in [0, 0.1) is 6.92 Å². The maximum atomic E-state index is 11.8. The van der Waals surface area contributed by atoms with Crippen molar-refractivity contribution in [3.63, 3.8) is 0 Å². The number of hydrogen-bond donors (Lipinski definition) is 3. The number of carbonyl (C=O) groups is 2. The van der Waals surface area contributed by atoms with E-state index in [1.807, 2.05) is 0 Å². The van der Waals surface area contributed by atoms with Gasteiger partial charge in [0, 0.05) is 23.2 Å². The standard InChI is InChI=1S/C13H19N3O2/c1-8-9(12(14)18)5-4-6-10(8)16-11(17)7-13(2,3)15/h4-6H,7,15H2,1-3H3,(H2,14,18)(H,16,17). The van der Waals surface area contributed by atoms with E-state index in [1.54, 1.807) is 39.0 Å². The third kappa shape index (κ3) is 3.85. The third-order valence-electron chi connectivity index (χ3n) is 2.49. The second kappa shape index (κ2) is 5.18. The summed E-state index contributed by atoms with van der Waals surface area (Å²) < 4.78 is 0. The van der Waals surface area contributed by atoms with E-state index in [4.69, 9.17) is 11.5 Å². The van der Waals surface area contributed by atoms with Crippen LogP contribution in [0.2, 0.25) is 0 Å². The van der Waals surface area contributed by atoms with Crippen LogP contribution in [-0.2, 0) is 4.79 Å². The Hall–Kier alpha value is -1.88. The number of anilines is 1. The lowest BCUT2D eigenvalue weighted by Gasteiger charge is -2.18. The molecular weight excluding hydrogens is 230 g/mol. The van der Waals surface area contributed by atoms with Gasteiger partial charge in [0.15, 0.2) is 0 Å². The van der Waals surface area contributed by atoms with Crippen molar-refractivity contribution in [2.24, 2.45) is 11.5 Å². The molecule has 0 aliphatic rings. The van der Waals surface area contributed by atoms with Crippen LogP contribution in [0.3, 0.4) is 0 Å². The molecule has 1 rings (SSSR count). The summed E-state index contributed by atoms with van der Waals surface area (Å²) in [6.07, 6.45) is 0.202. The molecule has 2 amide bonds. The largest absolute Gasteiger partial charge is 0.366 e. The van der Waals surface area contributed by atoms with Gasteiger partial charge in [-0.25, -0.2) is 0 Å². The van der Waals surface area contributed by atoms with Gasteiger partial charge in [0.1, 0.15) is 0 Å². The first-order valence-corrected chi connectivity index (χ1v) is 5.69. The predicted octanol–water partition coefficient (Wildman–Crippen LogP) is 1.16. The van der Waals surface area contributed by atoms with Crippen molar-refractivity contribution in [3.05, 3.63) is 29.3 Å². The van der Waals surface area contributed by atoms with Crippen molar-refractivity contribution in [1.82, 2.24) is 0 Å². The first-order chi connectivity index (χ1) is 8.20. The van der Waals surface area contributed by atoms with Crippen molar-refractivity contribution in [3.8, 4) is 0 Å². The molecule has 0 saturated carbocycles. The van der Waals surface area contributed by atoms with Gasteiger partial charge in [-0.15, -0.1) is 0 Å². The second-order valence-corrected chi connectivity index (χ2v) is 5.06. The van der Waals surface area contributed by atoms with Crippen molar-refractivity contribution in [1.29, 1.82) is 0 Å². The van der Waals surface area contributed by atoms with Gasteiger partial charge in [0.25, 0.3) is 0 Å². The minimum Gasteiger partial charge on any atom is -0.366 e. The van der Waals surface area contributed by atoms with E-state index in [0.29, 0.717) is 16.8 Å². The van der Waals surface area contributed by atoms with Gasteiger partial charge >= 0.3 is 0 Å². The van der Waals surface area contributed by atoms with Crippen LogP contribution in [-0.4, -0.2) is 17.4 Å². The first-order valence-electron chi connectivity index (χ1n) is 5.69. The number of primary amides is 1. The Balaban J connectivity index is 2.89. The molecule has 0 fully saturated rings. The number of hydrogen-bond acceptors (Lipinski definition) is 3. The molecule has 5 N–H and O–H groups in total. The van der Waals surface area contributed by atoms with Crippen molar-refractivity contribution < 1.29 is 9.59 Å². The minimum atomic E-state index is -0.570. The van der Waals surface area contributed by atoms with Gasteiger partial charge in [-0.3, -0.25) is 9.59 Å². The molecule has 0 spiro atoms. The lowest BCUT2D eigenvalue weighted by atomic mass is 10.0. The SMILES string of the molecule is Cc1c(NC(=O)CC(C)(C)N)cccc1C(N)=O. The van der Waals surface area contributed by atoms with Crippen LogP contribution in [0.1, 0.15) is 36.2 Å². The average molecular weight is 249 g/mol. The summed E-state index contributed by atoms with van der Waals surface area (Å²) in [7, 11) is 0. The molecule has 0 atom stereocenters. The van der Waals surface area contributed by atoms with Gasteiger partial charge < -0.3 is 16.8 Å². The number of nitrogens with one attached hydrogen (secondary N) is 1. The Labute approximate surface area is 107 Å². The van der Waals surface area contributed by atoms with E-state index in [1.165, 1.54) is 0 Å². The molecule has 98 valence electrons. The molecule has 0 radical (unpaired) electrons. The summed E-state index contributed by atoms with van der Waals surface area (Å²) in [5.74, 6) is -0.699. The fraction of sp³-hybridized carbons (Fsp3) is 0.385. The van der Waals surface area contributed by atoms with E-state index >= 15 is 0 Å². The smallest absolute Gasteiger partial charge is 0.249 e. The highest BCUT2D eigenvalue weighted by molar-refractivity contribution is 5.98. The van der Waals surface area contributed by atoms with E-state index in [0.717, 1.165) is 0 Å². The summed E-state index contributed by atoms with van der Waals surface area (Å²) in [6, 6.07) is 5.03. The molecule has 0 saturated heterocycles. The molecule has 0 aliphatic heterocycles. The zero-order valence-electron chi connectivity index (χ0n) is 10.9. The lowest BCUT2D eigenvalue weighted by molar-refractivity contribution is -0.117. The van der Waals surface area contributed by atoms with Crippen molar-refractivity contribution >= 4 is 17.5 Å². The van der Waals surface area contributed by atoms with Gasteiger partial charge in [-0.05, 0) is 38.5 Å². The molecule has 0 bridgehead atoms. The van der Waals surface area contributed by atoms with Crippen LogP contribution in [0.5, 0.6) is 0 Å². The summed E-state index contributed by atoms with van der Waals surface area (Å²) in [6.45, 7) is 5.29. The Kier molecular flexibility index (Phi) is 4.08. The highest BCUT2D eigenvalue weighted by Crippen LogP contribution is 2.19. The highest BCUT2D eigenvalue weighted by Gasteiger charge is 2.17. The number of rotatable bonds is 4. The highest BCUT2D eigenvalue weighted by atomic mass is 16.2. The van der Waals surface area contributed by atoms with Crippen LogP contribution in [0.15, 0.2) is 18.2 Å². The zero-order valence-corrected chi connectivity index (χ0v) is 10.9. The summed E-state index contributed by atoms with van der Waals surface area (Å²) in [4.78, 5) is 22.9. The van der Waals surface area contributed by atoms with Crippen LogP contribution in [0.4, 0.5) is 5.69 Å². The molecule has 0 aliphatic carbocycles. The molecule has 5 nitrogen and oxygen atoms in total. The van der Waals surface area contributed by atoms with Gasteiger partial charge in [-0.2, -0.15) is 0 Å². The molecule has 0 heterocycles. The number of amides is 2. The van der Waals surface area contributed by atoms with Crippen molar-refractivity contribution in [2.75, 3.05) is 5.32 Å². The van der Waals surface area contributed by atoms with E-state index in [2.05, 4.69) is 5.32 Å². The molecule has 1 aromatic carbocycles. The minimum absolute atomic E-state index is 0.188. The van der Waals surface area contributed by atoms with Gasteiger partial charge in [0.05, 0.1) is 0 Å². The number of carbonyl (C=O) groups excluding carboxylic acids is 2. The Morgan fingerprint density at radius 2 is 1.94 bits per heavy atom. The molecular formula is C13H19N3O2. The van der Waals surface area contributed by atoms with Crippen LogP contribution >= 0.6 is 0 Å².